The molecule has 0 heterocycles. The van der Waals surface area contributed by atoms with Gasteiger partial charge in [-0.2, -0.15) is 0 Å². The number of rotatable bonds is 1. The fourth-order valence-electron chi connectivity index (χ4n) is 1.14. The van der Waals surface area contributed by atoms with Crippen molar-refractivity contribution >= 4 is 7.14 Å². The molecule has 0 spiro atoms. The molecule has 0 aliphatic rings. The van der Waals surface area contributed by atoms with Gasteiger partial charge in [-0.3, -0.25) is 0 Å². The lowest BCUT2D eigenvalue weighted by Gasteiger charge is -2.20. The summed E-state index contributed by atoms with van der Waals surface area (Å²) in [7, 11) is -1.79. The molecule has 0 radical (unpaired) electrons. The molecule has 56 valence electrons. The van der Waals surface area contributed by atoms with E-state index < -0.39 is 7.14 Å². The zero-order chi connectivity index (χ0) is 7.71. The zero-order valence-corrected chi connectivity index (χ0v) is 7.96. The van der Waals surface area contributed by atoms with Crippen molar-refractivity contribution in [3.63, 3.8) is 0 Å². The van der Waals surface area contributed by atoms with Crippen LogP contribution in [0.5, 0.6) is 0 Å². The molecule has 9 heavy (non-hydrogen) atoms. The molecule has 0 fully saturated rings. The molecule has 0 aromatic rings. The van der Waals surface area contributed by atoms with Crippen LogP contribution < -0.4 is 0 Å². The molecule has 0 aliphatic heterocycles. The van der Waals surface area contributed by atoms with Crippen molar-refractivity contribution < 1.29 is 4.57 Å². The van der Waals surface area contributed by atoms with Gasteiger partial charge in [0.05, 0.1) is 7.14 Å². The molecule has 0 aromatic heterocycles. The van der Waals surface area contributed by atoms with Crippen LogP contribution in [-0.2, 0) is 4.57 Å². The molecule has 1 nitrogen and oxygen atoms in total. The Labute approximate surface area is 58.2 Å². The maximum Gasteiger partial charge on any atom is 0.0824 e. The van der Waals surface area contributed by atoms with E-state index in [1.807, 2.05) is 13.3 Å². The third-order valence-corrected chi connectivity index (χ3v) is 2.57. The van der Waals surface area contributed by atoms with E-state index >= 15 is 0 Å². The Morgan fingerprint density at radius 1 is 1.22 bits per heavy atom. The third-order valence-electron chi connectivity index (χ3n) is 0.855. The van der Waals surface area contributed by atoms with Gasteiger partial charge >= 0.3 is 0 Å². The summed E-state index contributed by atoms with van der Waals surface area (Å²) in [6.07, 6.45) is 0.847. The maximum absolute atomic E-state index is 11.2. The first-order valence-electron chi connectivity index (χ1n) is 3.25. The van der Waals surface area contributed by atoms with Crippen molar-refractivity contribution in [2.75, 3.05) is 19.5 Å². The fraction of sp³-hybridized carbons (Fsp3) is 1.00. The number of hydrogen-bond acceptors (Lipinski definition) is 1. The van der Waals surface area contributed by atoms with Crippen LogP contribution in [0.2, 0.25) is 0 Å². The quantitative estimate of drug-likeness (QED) is 0.522. The van der Waals surface area contributed by atoms with E-state index in [0.29, 0.717) is 0 Å². The first-order valence-corrected chi connectivity index (χ1v) is 6.03. The lowest BCUT2D eigenvalue weighted by Crippen LogP contribution is -2.10. The van der Waals surface area contributed by atoms with Crippen molar-refractivity contribution in [2.45, 2.75) is 20.8 Å². The van der Waals surface area contributed by atoms with Gasteiger partial charge in [-0.1, -0.05) is 20.8 Å². The van der Waals surface area contributed by atoms with Crippen LogP contribution in [0.4, 0.5) is 0 Å². The van der Waals surface area contributed by atoms with Gasteiger partial charge in [0, 0.05) is 6.16 Å². The summed E-state index contributed by atoms with van der Waals surface area (Å²) >= 11 is 0. The molecular weight excluding hydrogens is 131 g/mol. The highest BCUT2D eigenvalue weighted by molar-refractivity contribution is 7.62. The van der Waals surface area contributed by atoms with Crippen LogP contribution in [-0.4, -0.2) is 19.5 Å². The van der Waals surface area contributed by atoms with Crippen molar-refractivity contribution in [1.82, 2.24) is 0 Å². The van der Waals surface area contributed by atoms with Crippen LogP contribution in [0.1, 0.15) is 20.8 Å². The van der Waals surface area contributed by atoms with Crippen LogP contribution in [0, 0.1) is 5.41 Å². The van der Waals surface area contributed by atoms with E-state index in [-0.39, 0.29) is 5.41 Å². The van der Waals surface area contributed by atoms with Gasteiger partial charge in [-0.15, -0.1) is 0 Å². The summed E-state index contributed by atoms with van der Waals surface area (Å²) in [5.74, 6) is 0. The van der Waals surface area contributed by atoms with Crippen molar-refractivity contribution in [3.8, 4) is 0 Å². The second kappa shape index (κ2) is 2.46. The van der Waals surface area contributed by atoms with E-state index in [1.165, 1.54) is 0 Å². The van der Waals surface area contributed by atoms with Gasteiger partial charge in [0.2, 0.25) is 0 Å². The Hall–Kier alpha value is 0.230. The number of hydrogen-bond donors (Lipinski definition) is 0. The first-order chi connectivity index (χ1) is 3.71. The highest BCUT2D eigenvalue weighted by Crippen LogP contribution is 2.42. The SMILES string of the molecule is CC(C)(C)CP(C)(C)=O. The second-order valence-corrected chi connectivity index (χ2v) is 7.76. The van der Waals surface area contributed by atoms with Crippen LogP contribution >= 0.6 is 7.14 Å². The molecule has 0 aliphatic carbocycles. The lowest BCUT2D eigenvalue weighted by molar-refractivity contribution is 0.464. The van der Waals surface area contributed by atoms with Crippen LogP contribution in [0.3, 0.4) is 0 Å². The second-order valence-electron chi connectivity index (χ2n) is 4.29. The van der Waals surface area contributed by atoms with Crippen LogP contribution in [0.15, 0.2) is 0 Å². The molecule has 0 bridgehead atoms. The Morgan fingerprint density at radius 3 is 1.56 bits per heavy atom. The molecular formula is C7H17OP. The van der Waals surface area contributed by atoms with Gasteiger partial charge < -0.3 is 4.57 Å². The van der Waals surface area contributed by atoms with Gasteiger partial charge in [-0.25, -0.2) is 0 Å². The summed E-state index contributed by atoms with van der Waals surface area (Å²) < 4.78 is 11.2. The molecule has 2 heteroatoms. The molecule has 0 atom stereocenters. The van der Waals surface area contributed by atoms with Crippen molar-refractivity contribution in [3.05, 3.63) is 0 Å². The van der Waals surface area contributed by atoms with E-state index in [1.54, 1.807) is 0 Å². The minimum Gasteiger partial charge on any atom is -0.324 e. The van der Waals surface area contributed by atoms with Gasteiger partial charge in [-0.05, 0) is 18.7 Å². The van der Waals surface area contributed by atoms with E-state index in [9.17, 15) is 4.57 Å². The maximum atomic E-state index is 11.2. The molecule has 0 unspecified atom stereocenters. The van der Waals surface area contributed by atoms with Gasteiger partial charge in [0.1, 0.15) is 0 Å². The monoisotopic (exact) mass is 148 g/mol. The summed E-state index contributed by atoms with van der Waals surface area (Å²) in [5, 5.41) is 0. The van der Waals surface area contributed by atoms with Gasteiger partial charge in [0.15, 0.2) is 0 Å². The normalized spacial score (nSPS) is 13.9. The largest absolute Gasteiger partial charge is 0.324 e. The minimum absolute atomic E-state index is 0.221. The fourth-order valence-corrected chi connectivity index (χ4v) is 3.43. The van der Waals surface area contributed by atoms with Crippen molar-refractivity contribution in [1.29, 1.82) is 0 Å². The predicted molar refractivity (Wildman–Crippen MR) is 43.8 cm³/mol. The van der Waals surface area contributed by atoms with E-state index in [4.69, 9.17) is 0 Å². The molecule has 0 amide bonds. The lowest BCUT2D eigenvalue weighted by atomic mass is 10.0. The van der Waals surface area contributed by atoms with Crippen LogP contribution in [0.25, 0.3) is 0 Å². The Bertz CT molecular complexity index is 126. The third kappa shape index (κ3) is 8.23. The average Bonchev–Trinajstić information content (AvgIpc) is 1.14. The zero-order valence-electron chi connectivity index (χ0n) is 7.06. The molecule has 0 saturated carbocycles. The highest BCUT2D eigenvalue weighted by Gasteiger charge is 2.18. The predicted octanol–water partition coefficient (Wildman–Crippen LogP) is 2.66. The Kier molecular flexibility index (Phi) is 2.52. The van der Waals surface area contributed by atoms with Crippen molar-refractivity contribution in [2.24, 2.45) is 5.41 Å². The Balaban J connectivity index is 3.90. The molecule has 0 rings (SSSR count). The molecule has 0 aromatic carbocycles. The summed E-state index contributed by atoms with van der Waals surface area (Å²) in [5.41, 5.74) is 0.221. The molecule has 0 N–H and O–H groups in total. The van der Waals surface area contributed by atoms with E-state index in [2.05, 4.69) is 20.8 Å². The summed E-state index contributed by atoms with van der Waals surface area (Å²) in [6, 6.07) is 0. The Morgan fingerprint density at radius 2 is 1.56 bits per heavy atom. The average molecular weight is 148 g/mol. The summed E-state index contributed by atoms with van der Waals surface area (Å²) in [4.78, 5) is 0. The molecule has 0 saturated heterocycles. The smallest absolute Gasteiger partial charge is 0.0824 e. The summed E-state index contributed by atoms with van der Waals surface area (Å²) in [6.45, 7) is 10.0. The van der Waals surface area contributed by atoms with Gasteiger partial charge in [0.25, 0.3) is 0 Å². The standard InChI is InChI=1S/C7H17OP/c1-7(2,3)6-9(4,5)8/h6H2,1-5H3. The van der Waals surface area contributed by atoms with E-state index in [0.717, 1.165) is 6.16 Å². The minimum atomic E-state index is -1.79. The highest BCUT2D eigenvalue weighted by atomic mass is 31.2. The topological polar surface area (TPSA) is 17.1 Å². The first kappa shape index (κ1) is 9.23.